The number of phenols is 1. The Morgan fingerprint density at radius 1 is 1.15 bits per heavy atom. The van der Waals surface area contributed by atoms with Gasteiger partial charge in [-0.3, -0.25) is 0 Å². The molecule has 1 aliphatic carbocycles. The standard InChI is InChI=1S/C18H26O2/c1-2-3-5-8-13-11-15(19)18-14-9-6-4-7-10-16(14)20-17(18)12-13/h11-12,14,16,19H,2-10H2,1H3. The molecule has 1 aliphatic heterocycles. The third-order valence-electron chi connectivity index (χ3n) is 4.85. The van der Waals surface area contributed by atoms with Crippen LogP contribution in [0, 0.1) is 0 Å². The molecule has 1 heterocycles. The van der Waals surface area contributed by atoms with Crippen LogP contribution >= 0.6 is 0 Å². The fraction of sp³-hybridized carbons (Fsp3) is 0.667. The van der Waals surface area contributed by atoms with Gasteiger partial charge in [0.2, 0.25) is 0 Å². The molecule has 2 aliphatic rings. The maximum atomic E-state index is 10.4. The highest BCUT2D eigenvalue weighted by molar-refractivity contribution is 5.52. The number of hydrogen-bond donors (Lipinski definition) is 1. The average molecular weight is 274 g/mol. The predicted octanol–water partition coefficient (Wildman–Crippen LogP) is 4.93. The van der Waals surface area contributed by atoms with Crippen LogP contribution in [-0.4, -0.2) is 11.2 Å². The number of rotatable bonds is 4. The number of benzene rings is 1. The van der Waals surface area contributed by atoms with E-state index in [9.17, 15) is 5.11 Å². The van der Waals surface area contributed by atoms with Crippen molar-refractivity contribution in [3.8, 4) is 11.5 Å². The van der Waals surface area contributed by atoms with Gasteiger partial charge in [0.25, 0.3) is 0 Å². The van der Waals surface area contributed by atoms with Crippen molar-refractivity contribution in [2.45, 2.75) is 76.7 Å². The van der Waals surface area contributed by atoms with Gasteiger partial charge in [-0.05, 0) is 49.8 Å². The van der Waals surface area contributed by atoms with Crippen LogP contribution in [0.2, 0.25) is 0 Å². The molecule has 20 heavy (non-hydrogen) atoms. The summed E-state index contributed by atoms with van der Waals surface area (Å²) in [7, 11) is 0. The van der Waals surface area contributed by atoms with E-state index in [0.29, 0.717) is 17.8 Å². The minimum absolute atomic E-state index is 0.310. The van der Waals surface area contributed by atoms with E-state index in [1.165, 1.54) is 50.5 Å². The molecule has 2 heteroatoms. The minimum Gasteiger partial charge on any atom is -0.508 e. The Morgan fingerprint density at radius 3 is 2.85 bits per heavy atom. The summed E-state index contributed by atoms with van der Waals surface area (Å²) in [5.41, 5.74) is 2.32. The molecule has 0 saturated heterocycles. The third kappa shape index (κ3) is 2.65. The molecule has 1 N–H and O–H groups in total. The Hall–Kier alpha value is -1.18. The van der Waals surface area contributed by atoms with Gasteiger partial charge in [-0.25, -0.2) is 0 Å². The summed E-state index contributed by atoms with van der Waals surface area (Å²) in [5, 5.41) is 10.4. The Labute approximate surface area is 122 Å². The lowest BCUT2D eigenvalue weighted by Gasteiger charge is -2.15. The van der Waals surface area contributed by atoms with Gasteiger partial charge in [0, 0.05) is 11.5 Å². The zero-order chi connectivity index (χ0) is 13.9. The monoisotopic (exact) mass is 274 g/mol. The molecule has 2 nitrogen and oxygen atoms in total. The van der Waals surface area contributed by atoms with Gasteiger partial charge in [0.05, 0.1) is 0 Å². The smallest absolute Gasteiger partial charge is 0.127 e. The summed E-state index contributed by atoms with van der Waals surface area (Å²) in [6.45, 7) is 2.22. The zero-order valence-electron chi connectivity index (χ0n) is 12.5. The molecule has 0 spiro atoms. The van der Waals surface area contributed by atoms with Crippen molar-refractivity contribution < 1.29 is 9.84 Å². The molecule has 1 aromatic rings. The molecule has 1 aromatic carbocycles. The Balaban J connectivity index is 1.81. The number of fused-ring (bicyclic) bond motifs is 3. The fourth-order valence-electron chi connectivity index (χ4n) is 3.77. The Kier molecular flexibility index (Phi) is 4.18. The second-order valence-electron chi connectivity index (χ2n) is 6.38. The van der Waals surface area contributed by atoms with Crippen LogP contribution in [0.3, 0.4) is 0 Å². The zero-order valence-corrected chi connectivity index (χ0v) is 12.5. The van der Waals surface area contributed by atoms with Crippen LogP contribution < -0.4 is 4.74 Å². The average Bonchev–Trinajstić information content (AvgIpc) is 2.62. The highest BCUT2D eigenvalue weighted by Gasteiger charge is 2.37. The van der Waals surface area contributed by atoms with Gasteiger partial charge in [-0.2, -0.15) is 0 Å². The Morgan fingerprint density at radius 2 is 2.00 bits per heavy atom. The molecule has 0 radical (unpaired) electrons. The summed E-state index contributed by atoms with van der Waals surface area (Å²) in [6, 6.07) is 4.16. The number of ether oxygens (including phenoxy) is 1. The van der Waals surface area contributed by atoms with Gasteiger partial charge in [-0.1, -0.05) is 32.6 Å². The first-order valence-corrected chi connectivity index (χ1v) is 8.32. The lowest BCUT2D eigenvalue weighted by Crippen LogP contribution is -2.16. The maximum absolute atomic E-state index is 10.4. The van der Waals surface area contributed by atoms with E-state index in [2.05, 4.69) is 13.0 Å². The second kappa shape index (κ2) is 6.07. The predicted molar refractivity (Wildman–Crippen MR) is 81.6 cm³/mol. The number of aromatic hydroxyl groups is 1. The molecular formula is C18H26O2. The third-order valence-corrected chi connectivity index (χ3v) is 4.85. The first kappa shape index (κ1) is 13.8. The summed E-state index contributed by atoms with van der Waals surface area (Å²) in [5.74, 6) is 1.87. The molecular weight excluding hydrogens is 248 g/mol. The topological polar surface area (TPSA) is 29.5 Å². The quantitative estimate of drug-likeness (QED) is 0.788. The molecule has 3 rings (SSSR count). The number of hydrogen-bond acceptors (Lipinski definition) is 2. The van der Waals surface area contributed by atoms with Crippen molar-refractivity contribution in [2.24, 2.45) is 0 Å². The van der Waals surface area contributed by atoms with Crippen LogP contribution in [0.4, 0.5) is 0 Å². The lowest BCUT2D eigenvalue weighted by atomic mass is 9.89. The first-order valence-electron chi connectivity index (χ1n) is 8.32. The number of phenolic OH excluding ortho intramolecular Hbond substituents is 1. The number of aryl methyl sites for hydroxylation is 1. The molecule has 0 aromatic heterocycles. The largest absolute Gasteiger partial charge is 0.508 e. The minimum atomic E-state index is 0.310. The summed E-state index contributed by atoms with van der Waals surface area (Å²) >= 11 is 0. The van der Waals surface area contributed by atoms with Crippen molar-refractivity contribution in [2.75, 3.05) is 0 Å². The second-order valence-corrected chi connectivity index (χ2v) is 6.38. The fourth-order valence-corrected chi connectivity index (χ4v) is 3.77. The van der Waals surface area contributed by atoms with E-state index in [0.717, 1.165) is 24.2 Å². The van der Waals surface area contributed by atoms with Crippen molar-refractivity contribution in [1.82, 2.24) is 0 Å². The van der Waals surface area contributed by atoms with Crippen molar-refractivity contribution in [3.05, 3.63) is 23.3 Å². The Bertz CT molecular complexity index is 467. The van der Waals surface area contributed by atoms with E-state index >= 15 is 0 Å². The van der Waals surface area contributed by atoms with Crippen molar-refractivity contribution in [3.63, 3.8) is 0 Å². The van der Waals surface area contributed by atoms with E-state index in [4.69, 9.17) is 4.74 Å². The lowest BCUT2D eigenvalue weighted by molar-refractivity contribution is 0.196. The van der Waals surface area contributed by atoms with Gasteiger partial charge in [-0.15, -0.1) is 0 Å². The highest BCUT2D eigenvalue weighted by atomic mass is 16.5. The summed E-state index contributed by atoms with van der Waals surface area (Å²) in [4.78, 5) is 0. The van der Waals surface area contributed by atoms with E-state index < -0.39 is 0 Å². The van der Waals surface area contributed by atoms with Crippen molar-refractivity contribution in [1.29, 1.82) is 0 Å². The molecule has 1 fully saturated rings. The molecule has 110 valence electrons. The van der Waals surface area contributed by atoms with Gasteiger partial charge >= 0.3 is 0 Å². The molecule has 1 saturated carbocycles. The first-order chi connectivity index (χ1) is 9.79. The van der Waals surface area contributed by atoms with Crippen LogP contribution in [0.5, 0.6) is 11.5 Å². The van der Waals surface area contributed by atoms with Gasteiger partial charge in [0.1, 0.15) is 17.6 Å². The summed E-state index contributed by atoms with van der Waals surface area (Å²) < 4.78 is 6.16. The molecule has 0 amide bonds. The molecule has 2 atom stereocenters. The van der Waals surface area contributed by atoms with Gasteiger partial charge < -0.3 is 9.84 Å². The normalized spacial score (nSPS) is 24.6. The van der Waals surface area contributed by atoms with E-state index in [1.54, 1.807) is 0 Å². The van der Waals surface area contributed by atoms with Crippen LogP contribution in [-0.2, 0) is 6.42 Å². The molecule has 0 bridgehead atoms. The van der Waals surface area contributed by atoms with Crippen LogP contribution in [0.1, 0.15) is 75.3 Å². The number of unbranched alkanes of at least 4 members (excludes halogenated alkanes) is 2. The maximum Gasteiger partial charge on any atom is 0.127 e. The van der Waals surface area contributed by atoms with Crippen LogP contribution in [0.25, 0.3) is 0 Å². The van der Waals surface area contributed by atoms with Crippen LogP contribution in [0.15, 0.2) is 12.1 Å². The van der Waals surface area contributed by atoms with E-state index in [-0.39, 0.29) is 0 Å². The highest BCUT2D eigenvalue weighted by Crippen LogP contribution is 2.49. The van der Waals surface area contributed by atoms with E-state index in [1.807, 2.05) is 6.07 Å². The molecule has 2 unspecified atom stereocenters. The van der Waals surface area contributed by atoms with Crippen molar-refractivity contribution >= 4 is 0 Å². The van der Waals surface area contributed by atoms with Gasteiger partial charge in [0.15, 0.2) is 0 Å². The SMILES string of the molecule is CCCCCc1cc(O)c2c(c1)OC1CCCCCC21. The summed E-state index contributed by atoms with van der Waals surface area (Å²) in [6.07, 6.45) is 11.2.